The van der Waals surface area contributed by atoms with Crippen molar-refractivity contribution >= 4 is 11.8 Å². The molecule has 3 aromatic rings. The van der Waals surface area contributed by atoms with Crippen LogP contribution < -0.4 is 0 Å². The molecule has 0 aliphatic carbocycles. The second-order valence-electron chi connectivity index (χ2n) is 5.53. The molecule has 0 aliphatic rings. The van der Waals surface area contributed by atoms with E-state index in [4.69, 9.17) is 4.42 Å². The van der Waals surface area contributed by atoms with E-state index < -0.39 is 0 Å². The first kappa shape index (κ1) is 16.6. The molecule has 0 N–H and O–H groups in total. The first-order chi connectivity index (χ1) is 11.8. The van der Waals surface area contributed by atoms with Crippen molar-refractivity contribution in [2.45, 2.75) is 31.5 Å². The Bertz CT molecular complexity index is 792. The smallest absolute Gasteiger partial charge is 0.191 e. The molecule has 2 aromatic heterocycles. The highest BCUT2D eigenvalue weighted by molar-refractivity contribution is 7.99. The molecule has 0 spiro atoms. The Hall–Kier alpha value is -2.27. The van der Waals surface area contributed by atoms with Gasteiger partial charge in [-0.25, -0.2) is 0 Å². The molecule has 2 heterocycles. The maximum atomic E-state index is 5.40. The topological polar surface area (TPSA) is 43.9 Å². The highest BCUT2D eigenvalue weighted by atomic mass is 32.2. The fourth-order valence-corrected chi connectivity index (χ4v) is 3.48. The molecule has 0 atom stereocenters. The number of rotatable bonds is 8. The summed E-state index contributed by atoms with van der Waals surface area (Å²) in [5, 5.41) is 9.65. The molecule has 3 rings (SSSR count). The van der Waals surface area contributed by atoms with Crippen molar-refractivity contribution in [3.63, 3.8) is 0 Å². The Morgan fingerprint density at radius 1 is 1.21 bits per heavy atom. The SMILES string of the molecule is C=CCn1c(SCCCc2ccccc2)nnc1-c1ccoc1C. The number of thioether (sulfide) groups is 1. The third kappa shape index (κ3) is 3.79. The predicted octanol–water partition coefficient (Wildman–Crippen LogP) is 4.76. The van der Waals surface area contributed by atoms with Crippen LogP contribution in [-0.2, 0) is 13.0 Å². The van der Waals surface area contributed by atoms with E-state index in [-0.39, 0.29) is 0 Å². The number of allylic oxidation sites excluding steroid dienone is 1. The molecule has 4 nitrogen and oxygen atoms in total. The van der Waals surface area contributed by atoms with Gasteiger partial charge in [0.2, 0.25) is 0 Å². The zero-order valence-corrected chi connectivity index (χ0v) is 14.6. The summed E-state index contributed by atoms with van der Waals surface area (Å²) in [4.78, 5) is 0. The van der Waals surface area contributed by atoms with Crippen LogP contribution in [0.5, 0.6) is 0 Å². The minimum Gasteiger partial charge on any atom is -0.469 e. The summed E-state index contributed by atoms with van der Waals surface area (Å²) in [5.74, 6) is 2.70. The molecule has 5 heteroatoms. The lowest BCUT2D eigenvalue weighted by molar-refractivity contribution is 0.534. The molecule has 1 aromatic carbocycles. The van der Waals surface area contributed by atoms with Gasteiger partial charge in [0.25, 0.3) is 0 Å². The molecule has 0 fully saturated rings. The van der Waals surface area contributed by atoms with E-state index in [1.54, 1.807) is 18.0 Å². The molecule has 0 unspecified atom stereocenters. The number of benzene rings is 1. The number of nitrogens with zero attached hydrogens (tertiary/aromatic N) is 3. The average Bonchev–Trinajstić information content (AvgIpc) is 3.19. The summed E-state index contributed by atoms with van der Waals surface area (Å²) in [5.41, 5.74) is 2.36. The summed E-state index contributed by atoms with van der Waals surface area (Å²) in [6.07, 6.45) is 5.74. The second kappa shape index (κ2) is 8.02. The first-order valence-electron chi connectivity index (χ1n) is 8.05. The molecule has 24 heavy (non-hydrogen) atoms. The number of aromatic nitrogens is 3. The fourth-order valence-electron chi connectivity index (χ4n) is 2.59. The Balaban J connectivity index is 1.66. The van der Waals surface area contributed by atoms with Crippen molar-refractivity contribution < 1.29 is 4.42 Å². The zero-order chi connectivity index (χ0) is 16.8. The van der Waals surface area contributed by atoms with Crippen LogP contribution in [0, 0.1) is 6.92 Å². The van der Waals surface area contributed by atoms with E-state index in [0.29, 0.717) is 6.54 Å². The molecule has 0 saturated carbocycles. The quantitative estimate of drug-likeness (QED) is 0.337. The third-order valence-corrected chi connectivity index (χ3v) is 4.87. The van der Waals surface area contributed by atoms with E-state index in [2.05, 4.69) is 51.7 Å². The summed E-state index contributed by atoms with van der Waals surface area (Å²) in [7, 11) is 0. The largest absolute Gasteiger partial charge is 0.469 e. The standard InChI is InChI=1S/C19H21N3OS/c1-3-12-22-18(17-11-13-23-15(17)2)20-21-19(22)24-14-7-10-16-8-5-4-6-9-16/h3-6,8-9,11,13H,1,7,10,12,14H2,2H3. The second-order valence-corrected chi connectivity index (χ2v) is 6.60. The number of furan rings is 1. The fraction of sp³-hybridized carbons (Fsp3) is 0.263. The van der Waals surface area contributed by atoms with Crippen LogP contribution in [-0.4, -0.2) is 20.5 Å². The van der Waals surface area contributed by atoms with E-state index in [1.165, 1.54) is 5.56 Å². The van der Waals surface area contributed by atoms with Crippen LogP contribution in [0.25, 0.3) is 11.4 Å². The first-order valence-corrected chi connectivity index (χ1v) is 9.03. The van der Waals surface area contributed by atoms with Crippen molar-refractivity contribution in [3.8, 4) is 11.4 Å². The normalized spacial score (nSPS) is 10.9. The van der Waals surface area contributed by atoms with Gasteiger partial charge in [-0.05, 0) is 31.4 Å². The summed E-state index contributed by atoms with van der Waals surface area (Å²) in [6, 6.07) is 12.5. The van der Waals surface area contributed by atoms with Gasteiger partial charge in [-0.3, -0.25) is 4.57 Å². The van der Waals surface area contributed by atoms with Gasteiger partial charge in [0.15, 0.2) is 11.0 Å². The van der Waals surface area contributed by atoms with Crippen molar-refractivity contribution in [3.05, 3.63) is 66.6 Å². The minimum absolute atomic E-state index is 0.688. The summed E-state index contributed by atoms with van der Waals surface area (Å²) >= 11 is 1.74. The Labute approximate surface area is 146 Å². The number of hydrogen-bond donors (Lipinski definition) is 0. The van der Waals surface area contributed by atoms with Gasteiger partial charge in [0.1, 0.15) is 5.76 Å². The zero-order valence-electron chi connectivity index (χ0n) is 13.8. The predicted molar refractivity (Wildman–Crippen MR) is 98.1 cm³/mol. The lowest BCUT2D eigenvalue weighted by Gasteiger charge is -2.07. The molecule has 0 amide bonds. The Morgan fingerprint density at radius 3 is 2.75 bits per heavy atom. The van der Waals surface area contributed by atoms with Gasteiger partial charge in [-0.15, -0.1) is 16.8 Å². The number of aryl methyl sites for hydroxylation is 2. The summed E-state index contributed by atoms with van der Waals surface area (Å²) in [6.45, 7) is 6.48. The van der Waals surface area contributed by atoms with Gasteiger partial charge in [0, 0.05) is 12.3 Å². The monoisotopic (exact) mass is 339 g/mol. The molecule has 0 aliphatic heterocycles. The van der Waals surface area contributed by atoms with Crippen LogP contribution in [0.3, 0.4) is 0 Å². The maximum absolute atomic E-state index is 5.40. The highest BCUT2D eigenvalue weighted by Crippen LogP contribution is 2.27. The van der Waals surface area contributed by atoms with E-state index in [9.17, 15) is 0 Å². The van der Waals surface area contributed by atoms with Crippen LogP contribution in [0.15, 0.2) is 64.9 Å². The van der Waals surface area contributed by atoms with Crippen molar-refractivity contribution in [1.82, 2.24) is 14.8 Å². The van der Waals surface area contributed by atoms with E-state index >= 15 is 0 Å². The molecular weight excluding hydrogens is 318 g/mol. The average molecular weight is 339 g/mol. The van der Waals surface area contributed by atoms with Crippen LogP contribution in [0.4, 0.5) is 0 Å². The van der Waals surface area contributed by atoms with E-state index in [1.807, 2.05) is 19.1 Å². The van der Waals surface area contributed by atoms with Gasteiger partial charge in [-0.1, -0.05) is 48.2 Å². The Morgan fingerprint density at radius 2 is 2.04 bits per heavy atom. The van der Waals surface area contributed by atoms with E-state index in [0.717, 1.165) is 40.9 Å². The lowest BCUT2D eigenvalue weighted by atomic mass is 10.1. The van der Waals surface area contributed by atoms with Crippen LogP contribution >= 0.6 is 11.8 Å². The van der Waals surface area contributed by atoms with Gasteiger partial charge in [0.05, 0.1) is 11.8 Å². The third-order valence-electron chi connectivity index (χ3n) is 3.81. The minimum atomic E-state index is 0.688. The molecule has 0 bridgehead atoms. The van der Waals surface area contributed by atoms with Gasteiger partial charge < -0.3 is 4.42 Å². The highest BCUT2D eigenvalue weighted by Gasteiger charge is 2.16. The van der Waals surface area contributed by atoms with Gasteiger partial charge in [-0.2, -0.15) is 0 Å². The van der Waals surface area contributed by atoms with Crippen molar-refractivity contribution in [2.75, 3.05) is 5.75 Å². The summed E-state index contributed by atoms with van der Waals surface area (Å²) < 4.78 is 7.49. The number of hydrogen-bond acceptors (Lipinski definition) is 4. The maximum Gasteiger partial charge on any atom is 0.191 e. The molecule has 0 radical (unpaired) electrons. The van der Waals surface area contributed by atoms with Gasteiger partial charge >= 0.3 is 0 Å². The van der Waals surface area contributed by atoms with Crippen LogP contribution in [0.1, 0.15) is 17.7 Å². The lowest BCUT2D eigenvalue weighted by Crippen LogP contribution is -2.01. The Kier molecular flexibility index (Phi) is 5.54. The molecule has 0 saturated heterocycles. The molecular formula is C19H21N3OS. The van der Waals surface area contributed by atoms with Crippen molar-refractivity contribution in [2.24, 2.45) is 0 Å². The van der Waals surface area contributed by atoms with Crippen molar-refractivity contribution in [1.29, 1.82) is 0 Å². The molecule has 124 valence electrons. The van der Waals surface area contributed by atoms with Crippen LogP contribution in [0.2, 0.25) is 0 Å².